The number of hydrogen-bond acceptors (Lipinski definition) is 0. The summed E-state index contributed by atoms with van der Waals surface area (Å²) in [4.78, 5) is 0. The zero-order chi connectivity index (χ0) is 49.6. The van der Waals surface area contributed by atoms with Gasteiger partial charge in [0.15, 0.2) is 0 Å². The summed E-state index contributed by atoms with van der Waals surface area (Å²) < 4.78 is 0. The topological polar surface area (TPSA) is 0 Å². The van der Waals surface area contributed by atoms with Crippen molar-refractivity contribution in [2.45, 2.75) is 216 Å². The van der Waals surface area contributed by atoms with Gasteiger partial charge in [0.1, 0.15) is 0 Å². The Morgan fingerprint density at radius 2 is 0.969 bits per heavy atom. The molecule has 0 saturated heterocycles. The summed E-state index contributed by atoms with van der Waals surface area (Å²) in [5.74, 6) is 4.52. The highest BCUT2D eigenvalue weighted by Crippen LogP contribution is 2.75. The zero-order valence-electron chi connectivity index (χ0n) is 46.1. The van der Waals surface area contributed by atoms with Crippen LogP contribution in [0.2, 0.25) is 0 Å². The Hall–Kier alpha value is -3.56. The predicted molar refractivity (Wildman–Crippen MR) is 297 cm³/mol. The smallest absolute Gasteiger partial charge is 0.0150 e. The van der Waals surface area contributed by atoms with Crippen LogP contribution in [0.25, 0.3) is 0 Å². The summed E-state index contributed by atoms with van der Waals surface area (Å²) >= 11 is 0. The summed E-state index contributed by atoms with van der Waals surface area (Å²) in [5, 5.41) is 0. The molecule has 3 rings (SSSR count). The SMILES string of the molecule is C#CC.C=C1C(=C/C)/C(=C\C)C(=C)C2(C/C=C(\C)CC/C=C(\C)C(C)C/C=C(\C)CC/C=C(\C)C(C)C/C=C(\C)CC/C=C(\C)CCC=C(C)C)C3C=CC(C3)C12C.CC.CC.CC. The number of fused-ring (bicyclic) bond motifs is 5. The molecule has 0 heteroatoms. The Labute approximate surface area is 401 Å². The van der Waals surface area contributed by atoms with Crippen LogP contribution >= 0.6 is 0 Å². The lowest BCUT2D eigenvalue weighted by atomic mass is 9.46. The first-order chi connectivity index (χ1) is 30.4. The maximum atomic E-state index is 4.82. The Morgan fingerprint density at radius 1 is 0.609 bits per heavy atom. The lowest BCUT2D eigenvalue weighted by molar-refractivity contribution is 0.114. The van der Waals surface area contributed by atoms with Crippen molar-refractivity contribution < 1.29 is 0 Å². The van der Waals surface area contributed by atoms with Gasteiger partial charge in [0.25, 0.3) is 0 Å². The fourth-order valence-electron chi connectivity index (χ4n) is 9.69. The van der Waals surface area contributed by atoms with Gasteiger partial charge in [-0.2, -0.15) is 0 Å². The third kappa shape index (κ3) is 18.4. The van der Waals surface area contributed by atoms with Gasteiger partial charge in [-0.3, -0.25) is 0 Å². The molecular weight excluding hydrogens is 769 g/mol. The highest BCUT2D eigenvalue weighted by atomic mass is 14.7. The van der Waals surface area contributed by atoms with Gasteiger partial charge >= 0.3 is 0 Å². The van der Waals surface area contributed by atoms with Crippen LogP contribution in [0, 0.1) is 46.8 Å². The summed E-state index contributed by atoms with van der Waals surface area (Å²) in [6.07, 6.45) is 45.2. The molecule has 0 spiro atoms. The van der Waals surface area contributed by atoms with E-state index >= 15 is 0 Å². The van der Waals surface area contributed by atoms with Crippen molar-refractivity contribution in [3.8, 4) is 12.3 Å². The van der Waals surface area contributed by atoms with Crippen molar-refractivity contribution >= 4 is 0 Å². The van der Waals surface area contributed by atoms with Crippen molar-refractivity contribution in [3.05, 3.63) is 141 Å². The van der Waals surface area contributed by atoms with E-state index in [-0.39, 0.29) is 10.8 Å². The summed E-state index contributed by atoms with van der Waals surface area (Å²) in [6.45, 7) is 53.1. The van der Waals surface area contributed by atoms with E-state index in [9.17, 15) is 0 Å². The first kappa shape index (κ1) is 62.5. The molecule has 0 heterocycles. The van der Waals surface area contributed by atoms with E-state index in [1.165, 1.54) is 87.0 Å². The Kier molecular flexibility index (Phi) is 33.1. The molecule has 6 atom stereocenters. The van der Waals surface area contributed by atoms with Gasteiger partial charge in [-0.1, -0.05) is 181 Å². The average Bonchev–Trinajstić information content (AvgIpc) is 3.88. The Balaban J connectivity index is 0. The van der Waals surface area contributed by atoms with Gasteiger partial charge in [0.05, 0.1) is 0 Å². The summed E-state index contributed by atoms with van der Waals surface area (Å²) in [6, 6.07) is 0. The van der Waals surface area contributed by atoms with Crippen molar-refractivity contribution in [1.82, 2.24) is 0 Å². The van der Waals surface area contributed by atoms with E-state index in [1.54, 1.807) is 6.92 Å². The molecule has 2 bridgehead atoms. The highest BCUT2D eigenvalue weighted by molar-refractivity contribution is 5.66. The van der Waals surface area contributed by atoms with Crippen LogP contribution in [0.5, 0.6) is 0 Å². The minimum atomic E-state index is 0.0228. The second kappa shape index (κ2) is 33.9. The molecule has 0 N–H and O–H groups in total. The summed E-state index contributed by atoms with van der Waals surface area (Å²) in [7, 11) is 0. The third-order valence-electron chi connectivity index (χ3n) is 14.2. The van der Waals surface area contributed by atoms with E-state index in [4.69, 9.17) is 13.2 Å². The maximum Gasteiger partial charge on any atom is 0.0150 e. The minimum absolute atomic E-state index is 0.0228. The van der Waals surface area contributed by atoms with Gasteiger partial charge in [0.2, 0.25) is 0 Å². The molecule has 64 heavy (non-hydrogen) atoms. The Bertz CT molecular complexity index is 1760. The average molecular weight is 874 g/mol. The molecule has 0 aromatic carbocycles. The van der Waals surface area contributed by atoms with Crippen molar-refractivity contribution in [1.29, 1.82) is 0 Å². The maximum absolute atomic E-state index is 4.82. The lowest BCUT2D eigenvalue weighted by Gasteiger charge is -2.57. The zero-order valence-corrected chi connectivity index (χ0v) is 46.1. The van der Waals surface area contributed by atoms with Gasteiger partial charge in [0, 0.05) is 10.8 Å². The molecule has 2 saturated carbocycles. The number of terminal acetylenes is 1. The van der Waals surface area contributed by atoms with Gasteiger partial charge in [-0.05, 0) is 199 Å². The molecule has 0 aromatic heterocycles. The molecule has 6 unspecified atom stereocenters. The Morgan fingerprint density at radius 3 is 1.39 bits per heavy atom. The molecule has 360 valence electrons. The third-order valence-corrected chi connectivity index (χ3v) is 14.2. The fraction of sp³-hybridized carbons (Fsp3) is 0.594. The largest absolute Gasteiger partial charge is 0.120 e. The van der Waals surface area contributed by atoms with Gasteiger partial charge in [-0.15, -0.1) is 12.3 Å². The van der Waals surface area contributed by atoms with Crippen molar-refractivity contribution in [2.24, 2.45) is 34.5 Å². The van der Waals surface area contributed by atoms with Crippen LogP contribution in [0.3, 0.4) is 0 Å². The highest BCUT2D eigenvalue weighted by Gasteiger charge is 2.67. The standard InChI is InChI=1S/C55H82.C3H4.3C2H6/c1-16-52-48(13)54(15)50-34-35-51(38-50)55(54,49(14)53(52)17-2)37-36-43(8)27-21-29-45(10)47(12)33-31-42(7)26-20-28-44(9)46(11)32-30-41(6)25-19-24-40(5)23-18-22-39(3)4;1-3-2;3*1-2/h16-17,22,24,28-31,34-36,46-47,50-51H,13-14,18-21,23,25-27,32-33,37-38H2,1-12,15H3;1H,2H3;3*1-2H3/b40-24+,41-30+,42-31+,43-36+,44-28+,45-29+,52-16-,53-17-;;;;. The van der Waals surface area contributed by atoms with Crippen LogP contribution in [-0.2, 0) is 0 Å². The minimum Gasteiger partial charge on any atom is -0.120 e. The van der Waals surface area contributed by atoms with Crippen LogP contribution in [0.15, 0.2) is 141 Å². The van der Waals surface area contributed by atoms with E-state index in [0.29, 0.717) is 23.7 Å². The summed E-state index contributed by atoms with van der Waals surface area (Å²) in [5.41, 5.74) is 15.9. The lowest BCUT2D eigenvalue weighted by Crippen LogP contribution is -2.49. The second-order valence-corrected chi connectivity index (χ2v) is 18.7. The molecule has 0 aliphatic heterocycles. The monoisotopic (exact) mass is 873 g/mol. The molecule has 0 radical (unpaired) electrons. The van der Waals surface area contributed by atoms with Crippen molar-refractivity contribution in [3.63, 3.8) is 0 Å². The van der Waals surface area contributed by atoms with Crippen LogP contribution < -0.4 is 0 Å². The first-order valence-corrected chi connectivity index (χ1v) is 25.8. The number of rotatable bonds is 20. The van der Waals surface area contributed by atoms with Crippen LogP contribution in [0.4, 0.5) is 0 Å². The van der Waals surface area contributed by atoms with E-state index in [2.05, 4.69) is 169 Å². The number of allylic oxidation sites excluding steroid dienone is 22. The first-order valence-electron chi connectivity index (χ1n) is 25.8. The van der Waals surface area contributed by atoms with Gasteiger partial charge < -0.3 is 0 Å². The normalized spacial score (nSPS) is 24.2. The molecule has 0 nitrogen and oxygen atoms in total. The van der Waals surface area contributed by atoms with Crippen LogP contribution in [-0.4, -0.2) is 0 Å². The molecule has 0 amide bonds. The van der Waals surface area contributed by atoms with E-state index in [0.717, 1.165) is 51.4 Å². The van der Waals surface area contributed by atoms with E-state index in [1.807, 2.05) is 41.5 Å². The quantitative estimate of drug-likeness (QED) is 0.0845. The predicted octanol–water partition coefficient (Wildman–Crippen LogP) is 21.1. The van der Waals surface area contributed by atoms with Crippen LogP contribution in [0.1, 0.15) is 216 Å². The molecule has 3 aliphatic rings. The molecule has 2 fully saturated rings. The number of hydrogen-bond donors (Lipinski definition) is 0. The molecule has 3 aliphatic carbocycles. The molecular formula is C64H104. The van der Waals surface area contributed by atoms with Gasteiger partial charge in [-0.25, -0.2) is 0 Å². The molecule has 0 aromatic rings. The second-order valence-electron chi connectivity index (χ2n) is 18.7. The van der Waals surface area contributed by atoms with E-state index < -0.39 is 0 Å². The fourth-order valence-corrected chi connectivity index (χ4v) is 9.69. The van der Waals surface area contributed by atoms with Crippen molar-refractivity contribution in [2.75, 3.05) is 0 Å².